The zero-order valence-electron chi connectivity index (χ0n) is 17.4. The van der Waals surface area contributed by atoms with E-state index < -0.39 is 23.1 Å². The largest absolute Gasteiger partial charge is 0.334 e. The second kappa shape index (κ2) is 8.66. The van der Waals surface area contributed by atoms with E-state index in [1.807, 2.05) is 0 Å². The number of hydrogen-bond donors (Lipinski definition) is 1. The summed E-state index contributed by atoms with van der Waals surface area (Å²) in [7, 11) is 0. The number of aromatic nitrogens is 4. The summed E-state index contributed by atoms with van der Waals surface area (Å²) in [5.41, 5.74) is 1.03. The number of nitrogens with zero attached hydrogens (tertiary/aromatic N) is 4. The summed E-state index contributed by atoms with van der Waals surface area (Å²) < 4.78 is 33.5. The Bertz CT molecular complexity index is 1560. The van der Waals surface area contributed by atoms with Gasteiger partial charge >= 0.3 is 0 Å². The first kappa shape index (κ1) is 21.1. The molecule has 1 N–H and O–H groups in total. The average Bonchev–Trinajstić information content (AvgIpc) is 3.31. The highest BCUT2D eigenvalue weighted by atomic mass is 19.1. The van der Waals surface area contributed by atoms with Gasteiger partial charge in [0.15, 0.2) is 0 Å². The fourth-order valence-electron chi connectivity index (χ4n) is 3.60. The molecule has 34 heavy (non-hydrogen) atoms. The van der Waals surface area contributed by atoms with E-state index in [9.17, 15) is 18.4 Å². The highest BCUT2D eigenvalue weighted by molar-refractivity contribution is 5.95. The van der Waals surface area contributed by atoms with Crippen molar-refractivity contribution in [1.82, 2.24) is 19.7 Å². The third-order valence-corrected chi connectivity index (χ3v) is 5.06. The number of halogens is 2. The van der Waals surface area contributed by atoms with Crippen LogP contribution in [0, 0.1) is 11.6 Å². The van der Waals surface area contributed by atoms with Crippen LogP contribution < -0.4 is 10.9 Å². The van der Waals surface area contributed by atoms with Crippen molar-refractivity contribution >= 4 is 22.5 Å². The Morgan fingerprint density at radius 2 is 1.74 bits per heavy atom. The summed E-state index contributed by atoms with van der Waals surface area (Å²) >= 11 is 0. The molecule has 0 aliphatic carbocycles. The Kier molecular flexibility index (Phi) is 5.38. The van der Waals surface area contributed by atoms with Crippen LogP contribution in [0.15, 0.2) is 82.4 Å². The lowest BCUT2D eigenvalue weighted by Crippen LogP contribution is -2.27. The molecule has 5 rings (SSSR count). The molecule has 0 bridgehead atoms. The quantitative estimate of drug-likeness (QED) is 0.426. The topological polar surface area (TPSA) is 103 Å². The fourth-order valence-corrected chi connectivity index (χ4v) is 3.60. The molecular formula is C24H15F2N5O3. The minimum Gasteiger partial charge on any atom is -0.334 e. The first-order chi connectivity index (χ1) is 16.5. The van der Waals surface area contributed by atoms with Crippen LogP contribution in [-0.2, 0) is 11.3 Å². The normalized spacial score (nSPS) is 11.0. The van der Waals surface area contributed by atoms with Crippen LogP contribution in [0.5, 0.6) is 0 Å². The number of carbonyl (C=O) groups excluding carboxylic acids is 1. The number of anilines is 1. The number of pyridine rings is 2. The van der Waals surface area contributed by atoms with Gasteiger partial charge in [-0.2, -0.15) is 4.98 Å². The molecule has 3 aromatic heterocycles. The first-order valence-electron chi connectivity index (χ1n) is 10.1. The maximum Gasteiger partial charge on any atom is 0.259 e. The molecule has 0 aliphatic rings. The molecule has 0 spiro atoms. The second-order valence-corrected chi connectivity index (χ2v) is 7.36. The smallest absolute Gasteiger partial charge is 0.259 e. The van der Waals surface area contributed by atoms with Crippen molar-refractivity contribution in [3.63, 3.8) is 0 Å². The third-order valence-electron chi connectivity index (χ3n) is 5.06. The summed E-state index contributed by atoms with van der Waals surface area (Å²) in [6.45, 7) is -0.371. The molecule has 0 saturated carbocycles. The molecule has 168 valence electrons. The van der Waals surface area contributed by atoms with E-state index in [4.69, 9.17) is 4.52 Å². The van der Waals surface area contributed by atoms with Gasteiger partial charge in [-0.3, -0.25) is 19.1 Å². The predicted octanol–water partition coefficient (Wildman–Crippen LogP) is 4.03. The van der Waals surface area contributed by atoms with E-state index in [0.717, 1.165) is 12.1 Å². The van der Waals surface area contributed by atoms with E-state index >= 15 is 0 Å². The number of hydrogen-bond acceptors (Lipinski definition) is 6. The molecule has 0 radical (unpaired) electrons. The van der Waals surface area contributed by atoms with Crippen molar-refractivity contribution in [1.29, 1.82) is 0 Å². The Balaban J connectivity index is 1.50. The summed E-state index contributed by atoms with van der Waals surface area (Å²) in [5.74, 6) is -1.79. The minimum atomic E-state index is -0.826. The lowest BCUT2D eigenvalue weighted by atomic mass is 10.1. The molecule has 5 aromatic rings. The highest BCUT2D eigenvalue weighted by Gasteiger charge is 2.18. The summed E-state index contributed by atoms with van der Waals surface area (Å²) in [4.78, 5) is 33.9. The molecule has 10 heteroatoms. The molecule has 0 saturated heterocycles. The van der Waals surface area contributed by atoms with Crippen LogP contribution in [0.4, 0.5) is 14.5 Å². The SMILES string of the molecule is O=C(Cn1c(=O)cc(-c2nc(-c3ccncc3)no2)c2ccccc21)Nc1cc(F)cc(F)c1. The van der Waals surface area contributed by atoms with E-state index in [-0.39, 0.29) is 18.1 Å². The molecule has 0 unspecified atom stereocenters. The average molecular weight is 459 g/mol. The Morgan fingerprint density at radius 1 is 1.00 bits per heavy atom. The molecule has 2 aromatic carbocycles. The maximum absolute atomic E-state index is 13.4. The second-order valence-electron chi connectivity index (χ2n) is 7.36. The molecule has 0 atom stereocenters. The van der Waals surface area contributed by atoms with E-state index in [1.54, 1.807) is 48.8 Å². The van der Waals surface area contributed by atoms with Crippen molar-refractivity contribution in [2.24, 2.45) is 0 Å². The van der Waals surface area contributed by atoms with Gasteiger partial charge in [0.25, 0.3) is 11.4 Å². The Labute approximate surface area is 190 Å². The highest BCUT2D eigenvalue weighted by Crippen LogP contribution is 2.28. The standard InChI is InChI=1S/C24H15F2N5O3/c25-15-9-16(26)11-17(10-15)28-21(32)13-31-20-4-2-1-3-18(20)19(12-22(31)33)24-29-23(30-34-24)14-5-7-27-8-6-14/h1-12H,13H2,(H,28,32). The van der Waals surface area contributed by atoms with Crippen molar-refractivity contribution in [2.75, 3.05) is 5.32 Å². The van der Waals surface area contributed by atoms with E-state index in [1.165, 1.54) is 10.6 Å². The summed E-state index contributed by atoms with van der Waals surface area (Å²) in [5, 5.41) is 7.00. The van der Waals surface area contributed by atoms with Crippen LogP contribution in [0.25, 0.3) is 33.7 Å². The summed E-state index contributed by atoms with van der Waals surface area (Å²) in [6.07, 6.45) is 3.20. The van der Waals surface area contributed by atoms with Crippen LogP contribution in [0.1, 0.15) is 0 Å². The van der Waals surface area contributed by atoms with Gasteiger partial charge in [-0.05, 0) is 30.3 Å². The van der Waals surface area contributed by atoms with E-state index in [2.05, 4.69) is 20.4 Å². The van der Waals surface area contributed by atoms with Crippen molar-refractivity contribution in [3.05, 3.63) is 95.0 Å². The number of fused-ring (bicyclic) bond motifs is 1. The van der Waals surface area contributed by atoms with Gasteiger partial charge in [-0.1, -0.05) is 23.4 Å². The van der Waals surface area contributed by atoms with Crippen LogP contribution in [0.3, 0.4) is 0 Å². The zero-order chi connectivity index (χ0) is 23.7. The maximum atomic E-state index is 13.4. The lowest BCUT2D eigenvalue weighted by molar-refractivity contribution is -0.116. The predicted molar refractivity (Wildman–Crippen MR) is 120 cm³/mol. The fraction of sp³-hybridized carbons (Fsp3) is 0.0417. The van der Waals surface area contributed by atoms with Gasteiger partial charge < -0.3 is 9.84 Å². The van der Waals surface area contributed by atoms with Gasteiger partial charge in [-0.15, -0.1) is 0 Å². The van der Waals surface area contributed by atoms with E-state index in [0.29, 0.717) is 33.9 Å². The third kappa shape index (κ3) is 4.16. The number of rotatable bonds is 5. The molecule has 0 fully saturated rings. The number of benzene rings is 2. The van der Waals surface area contributed by atoms with Gasteiger partial charge in [-0.25, -0.2) is 8.78 Å². The molecule has 3 heterocycles. The number of para-hydroxylation sites is 1. The van der Waals surface area contributed by atoms with Gasteiger partial charge in [0, 0.05) is 41.2 Å². The first-order valence-corrected chi connectivity index (χ1v) is 10.1. The lowest BCUT2D eigenvalue weighted by Gasteiger charge is -2.12. The Morgan fingerprint density at radius 3 is 2.50 bits per heavy atom. The molecule has 8 nitrogen and oxygen atoms in total. The van der Waals surface area contributed by atoms with Crippen molar-refractivity contribution < 1.29 is 18.1 Å². The van der Waals surface area contributed by atoms with Gasteiger partial charge in [0.05, 0.1) is 11.1 Å². The number of nitrogens with one attached hydrogen (secondary N) is 1. The van der Waals surface area contributed by atoms with Crippen molar-refractivity contribution in [2.45, 2.75) is 6.54 Å². The summed E-state index contributed by atoms with van der Waals surface area (Å²) in [6, 6.07) is 14.4. The molecule has 0 aliphatic heterocycles. The van der Waals surface area contributed by atoms with Gasteiger partial charge in [0.2, 0.25) is 11.7 Å². The monoisotopic (exact) mass is 459 g/mol. The zero-order valence-corrected chi connectivity index (χ0v) is 17.4. The Hall–Kier alpha value is -4.73. The number of amides is 1. The van der Waals surface area contributed by atoms with Crippen LogP contribution >= 0.6 is 0 Å². The van der Waals surface area contributed by atoms with Crippen molar-refractivity contribution in [3.8, 4) is 22.8 Å². The number of carbonyl (C=O) groups is 1. The van der Waals surface area contributed by atoms with Crippen LogP contribution in [-0.4, -0.2) is 25.6 Å². The molecular weight excluding hydrogens is 444 g/mol. The van der Waals surface area contributed by atoms with Crippen LogP contribution in [0.2, 0.25) is 0 Å². The van der Waals surface area contributed by atoms with Gasteiger partial charge in [0.1, 0.15) is 18.2 Å². The minimum absolute atomic E-state index is 0.0500. The molecule has 1 amide bonds.